The number of hydrogen-bond acceptors (Lipinski definition) is 4. The predicted octanol–water partition coefficient (Wildman–Crippen LogP) is 2.88. The van der Waals surface area contributed by atoms with Crippen LogP contribution in [0.5, 0.6) is 5.75 Å². The van der Waals surface area contributed by atoms with Crippen molar-refractivity contribution in [2.75, 3.05) is 32.8 Å². The highest BCUT2D eigenvalue weighted by Crippen LogP contribution is 2.19. The minimum absolute atomic E-state index is 0. The van der Waals surface area contributed by atoms with E-state index in [0.29, 0.717) is 12.6 Å². The molecule has 2 atom stereocenters. The summed E-state index contributed by atoms with van der Waals surface area (Å²) in [4.78, 5) is 14.9. The Morgan fingerprint density at radius 2 is 2.12 bits per heavy atom. The summed E-state index contributed by atoms with van der Waals surface area (Å²) in [6.07, 6.45) is 4.41. The van der Waals surface area contributed by atoms with E-state index in [-0.39, 0.29) is 24.4 Å². The van der Waals surface area contributed by atoms with Gasteiger partial charge in [-0.3, -0.25) is 4.79 Å². The fourth-order valence-electron chi connectivity index (χ4n) is 3.42. The molecule has 0 aliphatic carbocycles. The highest BCUT2D eigenvalue weighted by molar-refractivity contribution is 5.94. The zero-order valence-electron chi connectivity index (χ0n) is 14.9. The second-order valence-corrected chi connectivity index (χ2v) is 6.62. The van der Waals surface area contributed by atoms with E-state index in [0.717, 1.165) is 63.2 Å². The van der Waals surface area contributed by atoms with Crippen LogP contribution in [0.2, 0.25) is 0 Å². The zero-order chi connectivity index (χ0) is 16.8. The van der Waals surface area contributed by atoms with Gasteiger partial charge in [0.1, 0.15) is 12.4 Å². The largest absolute Gasteiger partial charge is 0.491 e. The molecule has 6 heteroatoms. The number of rotatable bonds is 7. The van der Waals surface area contributed by atoms with Gasteiger partial charge in [-0.05, 0) is 56.5 Å². The molecule has 0 radical (unpaired) electrons. The van der Waals surface area contributed by atoms with Gasteiger partial charge >= 0.3 is 0 Å². The lowest BCUT2D eigenvalue weighted by Gasteiger charge is -2.28. The van der Waals surface area contributed by atoms with Crippen LogP contribution in [-0.4, -0.2) is 55.8 Å². The fourth-order valence-corrected chi connectivity index (χ4v) is 3.42. The molecule has 5 nitrogen and oxygen atoms in total. The number of carbonyl (C=O) groups is 1. The van der Waals surface area contributed by atoms with Crippen molar-refractivity contribution in [3.8, 4) is 5.75 Å². The van der Waals surface area contributed by atoms with Gasteiger partial charge in [-0.25, -0.2) is 0 Å². The average molecular weight is 369 g/mol. The lowest BCUT2D eigenvalue weighted by Crippen LogP contribution is -2.42. The van der Waals surface area contributed by atoms with E-state index < -0.39 is 0 Å². The fraction of sp³-hybridized carbons (Fsp3) is 0.632. The van der Waals surface area contributed by atoms with Gasteiger partial charge in [-0.15, -0.1) is 12.4 Å². The van der Waals surface area contributed by atoms with Crippen LogP contribution in [0, 0.1) is 0 Å². The first-order valence-electron chi connectivity index (χ1n) is 9.14. The normalized spacial score (nSPS) is 22.4. The number of ether oxygens (including phenoxy) is 2. The van der Waals surface area contributed by atoms with Crippen LogP contribution in [0.25, 0.3) is 0 Å². The van der Waals surface area contributed by atoms with E-state index in [1.807, 2.05) is 29.2 Å². The molecule has 0 saturated carbocycles. The molecule has 0 spiro atoms. The van der Waals surface area contributed by atoms with Crippen molar-refractivity contribution in [2.45, 2.75) is 44.8 Å². The van der Waals surface area contributed by atoms with Crippen molar-refractivity contribution < 1.29 is 14.3 Å². The Hall–Kier alpha value is -1.30. The number of hydrogen-bond donors (Lipinski definition) is 1. The molecule has 2 aliphatic heterocycles. The number of carbonyl (C=O) groups excluding carboxylic acids is 1. The van der Waals surface area contributed by atoms with Gasteiger partial charge in [0.25, 0.3) is 5.91 Å². The van der Waals surface area contributed by atoms with Crippen LogP contribution < -0.4 is 10.1 Å². The number of nitrogens with zero attached hydrogens (tertiary/aromatic N) is 1. The first-order valence-corrected chi connectivity index (χ1v) is 9.14. The monoisotopic (exact) mass is 368 g/mol. The van der Waals surface area contributed by atoms with Gasteiger partial charge in [0.15, 0.2) is 0 Å². The van der Waals surface area contributed by atoms with Crippen LogP contribution in [0.4, 0.5) is 0 Å². The maximum Gasteiger partial charge on any atom is 0.254 e. The van der Waals surface area contributed by atoms with E-state index in [1.54, 1.807) is 0 Å². The van der Waals surface area contributed by atoms with Crippen LogP contribution in [0.1, 0.15) is 43.0 Å². The molecular weight excluding hydrogens is 340 g/mol. The van der Waals surface area contributed by atoms with Gasteiger partial charge < -0.3 is 19.7 Å². The Balaban J connectivity index is 0.00000225. The highest BCUT2D eigenvalue weighted by Gasteiger charge is 2.26. The Labute approximate surface area is 156 Å². The molecule has 1 amide bonds. The van der Waals surface area contributed by atoms with Crippen molar-refractivity contribution in [1.82, 2.24) is 10.2 Å². The van der Waals surface area contributed by atoms with Crippen molar-refractivity contribution in [3.63, 3.8) is 0 Å². The van der Waals surface area contributed by atoms with Gasteiger partial charge in [-0.1, -0.05) is 6.92 Å². The Kier molecular flexibility index (Phi) is 8.00. The number of benzene rings is 1. The molecular formula is C19H29ClN2O3. The van der Waals surface area contributed by atoms with Crippen LogP contribution in [0.3, 0.4) is 0 Å². The lowest BCUT2D eigenvalue weighted by atomic mass is 10.1. The standard InChI is InChI=1S/C19H28N2O3.ClH/c1-2-11-21(16-9-10-20-13-16)19(22)15-5-7-17(8-6-15)24-14-18-4-3-12-23-18;/h5-8,16,18,20H,2-4,9-14H2,1H3;1H. The van der Waals surface area contributed by atoms with E-state index in [9.17, 15) is 4.79 Å². The number of nitrogens with one attached hydrogen (secondary N) is 1. The highest BCUT2D eigenvalue weighted by atomic mass is 35.5. The van der Waals surface area contributed by atoms with Gasteiger partial charge in [-0.2, -0.15) is 0 Å². The topological polar surface area (TPSA) is 50.8 Å². The molecule has 140 valence electrons. The number of halogens is 1. The molecule has 3 rings (SSSR count). The molecule has 1 aromatic rings. The summed E-state index contributed by atoms with van der Waals surface area (Å²) in [7, 11) is 0. The zero-order valence-corrected chi connectivity index (χ0v) is 15.7. The van der Waals surface area contributed by atoms with Crippen molar-refractivity contribution in [1.29, 1.82) is 0 Å². The third kappa shape index (κ3) is 5.33. The summed E-state index contributed by atoms with van der Waals surface area (Å²) >= 11 is 0. The second kappa shape index (κ2) is 10.00. The van der Waals surface area contributed by atoms with Crippen LogP contribution in [0.15, 0.2) is 24.3 Å². The first-order chi connectivity index (χ1) is 11.8. The van der Waals surface area contributed by atoms with Gasteiger partial charge in [0.2, 0.25) is 0 Å². The van der Waals surface area contributed by atoms with Gasteiger partial charge in [0.05, 0.1) is 6.10 Å². The number of amides is 1. The maximum absolute atomic E-state index is 12.8. The van der Waals surface area contributed by atoms with Crippen molar-refractivity contribution in [3.05, 3.63) is 29.8 Å². The third-order valence-corrected chi connectivity index (χ3v) is 4.76. The summed E-state index contributed by atoms with van der Waals surface area (Å²) < 4.78 is 11.3. The maximum atomic E-state index is 12.8. The van der Waals surface area contributed by atoms with E-state index >= 15 is 0 Å². The molecule has 2 aliphatic rings. The predicted molar refractivity (Wildman–Crippen MR) is 101 cm³/mol. The molecule has 25 heavy (non-hydrogen) atoms. The van der Waals surface area contributed by atoms with E-state index in [4.69, 9.17) is 9.47 Å². The minimum atomic E-state index is 0. The van der Waals surface area contributed by atoms with Crippen LogP contribution in [-0.2, 0) is 4.74 Å². The SMILES string of the molecule is CCCN(C(=O)c1ccc(OCC2CCCO2)cc1)C1CCNC1.Cl. The Bertz CT molecular complexity index is 526. The second-order valence-electron chi connectivity index (χ2n) is 6.62. The van der Waals surface area contributed by atoms with Crippen molar-refractivity contribution in [2.24, 2.45) is 0 Å². The Morgan fingerprint density at radius 1 is 1.32 bits per heavy atom. The average Bonchev–Trinajstić information content (AvgIpc) is 3.31. The smallest absolute Gasteiger partial charge is 0.254 e. The molecule has 2 heterocycles. The Morgan fingerprint density at radius 3 is 2.72 bits per heavy atom. The van der Waals surface area contributed by atoms with E-state index in [1.165, 1.54) is 0 Å². The minimum Gasteiger partial charge on any atom is -0.491 e. The van der Waals surface area contributed by atoms with Gasteiger partial charge in [0, 0.05) is 31.3 Å². The molecule has 0 aromatic heterocycles. The molecule has 0 bridgehead atoms. The molecule has 2 unspecified atom stereocenters. The van der Waals surface area contributed by atoms with Crippen LogP contribution >= 0.6 is 12.4 Å². The molecule has 2 saturated heterocycles. The molecule has 1 aromatic carbocycles. The summed E-state index contributed by atoms with van der Waals surface area (Å²) in [5.74, 6) is 0.919. The lowest BCUT2D eigenvalue weighted by molar-refractivity contribution is 0.0675. The third-order valence-electron chi connectivity index (χ3n) is 4.76. The summed E-state index contributed by atoms with van der Waals surface area (Å²) in [5, 5.41) is 3.34. The first kappa shape index (κ1) is 20.0. The van der Waals surface area contributed by atoms with Crippen molar-refractivity contribution >= 4 is 18.3 Å². The molecule has 2 fully saturated rings. The molecule has 1 N–H and O–H groups in total. The summed E-state index contributed by atoms with van der Waals surface area (Å²) in [5.41, 5.74) is 0.736. The summed E-state index contributed by atoms with van der Waals surface area (Å²) in [6, 6.07) is 7.84. The quantitative estimate of drug-likeness (QED) is 0.804. The van der Waals surface area contributed by atoms with E-state index in [2.05, 4.69) is 12.2 Å². The summed E-state index contributed by atoms with van der Waals surface area (Å²) in [6.45, 7) is 6.24.